The van der Waals surface area contributed by atoms with Crippen molar-refractivity contribution in [2.75, 3.05) is 13.7 Å². The van der Waals surface area contributed by atoms with Crippen molar-refractivity contribution < 1.29 is 14.3 Å². The second-order valence-corrected chi connectivity index (χ2v) is 7.16. The number of oxime groups is 1. The van der Waals surface area contributed by atoms with E-state index in [1.165, 1.54) is 0 Å². The molecule has 0 aliphatic rings. The highest BCUT2D eigenvalue weighted by atomic mass is 16.6. The minimum absolute atomic E-state index is 0.0124. The largest absolute Gasteiger partial charge is 0.497 e. The molecule has 0 aliphatic carbocycles. The van der Waals surface area contributed by atoms with Crippen LogP contribution in [-0.2, 0) is 11.9 Å². The molecule has 0 atom stereocenters. The summed E-state index contributed by atoms with van der Waals surface area (Å²) in [6, 6.07) is 7.35. The summed E-state index contributed by atoms with van der Waals surface area (Å²) in [5, 5.41) is 8.41. The maximum absolute atomic E-state index is 5.97. The van der Waals surface area contributed by atoms with Crippen LogP contribution in [0.3, 0.4) is 0 Å². The van der Waals surface area contributed by atoms with Gasteiger partial charge in [-0.3, -0.25) is 0 Å². The minimum atomic E-state index is -0.0124. The molecule has 0 N–H and O–H groups in total. The molecule has 0 amide bonds. The lowest BCUT2D eigenvalue weighted by atomic mass is 9.98. The highest BCUT2D eigenvalue weighted by molar-refractivity contribution is 5.84. The fraction of sp³-hybridized carbons (Fsp3) is 0.364. The average Bonchev–Trinajstić information content (AvgIpc) is 2.90. The minimum Gasteiger partial charge on any atom is -0.497 e. The number of aromatic nitrogens is 2. The maximum atomic E-state index is 5.97. The second-order valence-electron chi connectivity index (χ2n) is 7.16. The van der Waals surface area contributed by atoms with Crippen LogP contribution < -0.4 is 9.47 Å². The topological polar surface area (TPSA) is 57.9 Å². The molecule has 0 fully saturated rings. The molecule has 1 aromatic carbocycles. The Labute approximate surface area is 166 Å². The van der Waals surface area contributed by atoms with E-state index in [1.54, 1.807) is 24.1 Å². The monoisotopic (exact) mass is 381 g/mol. The van der Waals surface area contributed by atoms with E-state index in [9.17, 15) is 0 Å². The Morgan fingerprint density at radius 3 is 2.50 bits per heavy atom. The number of allylic oxidation sites excluding steroid dienone is 1. The molecule has 6 nitrogen and oxygen atoms in total. The molecule has 0 spiro atoms. The number of ether oxygens (including phenoxy) is 2. The normalized spacial score (nSPS) is 11.5. The maximum Gasteiger partial charge on any atom is 0.226 e. The van der Waals surface area contributed by atoms with Crippen molar-refractivity contribution in [3.8, 4) is 29.2 Å². The fourth-order valence-corrected chi connectivity index (χ4v) is 2.22. The third kappa shape index (κ3) is 6.51. The van der Waals surface area contributed by atoms with Crippen LogP contribution in [0.2, 0.25) is 0 Å². The van der Waals surface area contributed by atoms with Crippen molar-refractivity contribution in [3.63, 3.8) is 0 Å². The van der Waals surface area contributed by atoms with Gasteiger partial charge in [-0.2, -0.15) is 5.10 Å². The van der Waals surface area contributed by atoms with E-state index >= 15 is 0 Å². The number of hydrogen-bond acceptors (Lipinski definition) is 5. The molecule has 1 aromatic heterocycles. The van der Waals surface area contributed by atoms with Gasteiger partial charge in [-0.25, -0.2) is 4.68 Å². The summed E-state index contributed by atoms with van der Waals surface area (Å²) in [5.74, 6) is 8.14. The van der Waals surface area contributed by atoms with Crippen molar-refractivity contribution in [2.24, 2.45) is 17.6 Å². The Hall–Kier alpha value is -3.20. The third-order valence-electron chi connectivity index (χ3n) is 3.56. The van der Waals surface area contributed by atoms with Gasteiger partial charge >= 0.3 is 0 Å². The Morgan fingerprint density at radius 2 is 1.86 bits per heavy atom. The molecule has 6 heteroatoms. The average molecular weight is 381 g/mol. The van der Waals surface area contributed by atoms with Crippen molar-refractivity contribution in [3.05, 3.63) is 47.7 Å². The fourth-order valence-electron chi connectivity index (χ4n) is 2.22. The lowest BCUT2D eigenvalue weighted by molar-refractivity contribution is 0.176. The molecule has 0 saturated heterocycles. The summed E-state index contributed by atoms with van der Waals surface area (Å²) in [6.07, 6.45) is 5.20. The van der Waals surface area contributed by atoms with Crippen molar-refractivity contribution in [1.82, 2.24) is 9.78 Å². The molecule has 1 heterocycles. The predicted octanol–water partition coefficient (Wildman–Crippen LogP) is 4.49. The van der Waals surface area contributed by atoms with Gasteiger partial charge in [0.05, 0.1) is 24.6 Å². The lowest BCUT2D eigenvalue weighted by Crippen LogP contribution is -1.98. The number of aryl methyl sites for hydroxylation is 2. The third-order valence-corrected chi connectivity index (χ3v) is 3.56. The molecular formula is C22H27N3O3. The highest BCUT2D eigenvalue weighted by Crippen LogP contribution is 2.27. The van der Waals surface area contributed by atoms with Gasteiger partial charge in [0.1, 0.15) is 18.1 Å². The first kappa shape index (κ1) is 21.1. The van der Waals surface area contributed by atoms with E-state index in [0.29, 0.717) is 18.2 Å². The number of methoxy groups -OCH3 is 1. The molecule has 0 radical (unpaired) electrons. The number of hydrogen-bond donors (Lipinski definition) is 0. The van der Waals surface area contributed by atoms with Crippen LogP contribution in [-0.4, -0.2) is 29.7 Å². The molecule has 148 valence electrons. The molecular weight excluding hydrogens is 354 g/mol. The SMILES string of the molecule is COc1ccc(Oc2c(C=NOCC=CC#CC(C)(C)C)c(C)nn2C)cc1. The highest BCUT2D eigenvalue weighted by Gasteiger charge is 2.14. The second kappa shape index (κ2) is 9.65. The molecule has 0 unspecified atom stereocenters. The first-order valence-corrected chi connectivity index (χ1v) is 8.98. The van der Waals surface area contributed by atoms with Crippen molar-refractivity contribution in [2.45, 2.75) is 27.7 Å². The number of nitrogens with zero attached hydrogens (tertiary/aromatic N) is 3. The zero-order valence-corrected chi connectivity index (χ0v) is 17.3. The van der Waals surface area contributed by atoms with E-state index < -0.39 is 0 Å². The van der Waals surface area contributed by atoms with Crippen LogP contribution in [0.1, 0.15) is 32.0 Å². The Bertz CT molecular complexity index is 892. The summed E-state index contributed by atoms with van der Waals surface area (Å²) in [5.41, 5.74) is 1.54. The van der Waals surface area contributed by atoms with Gasteiger partial charge in [-0.15, -0.1) is 0 Å². The van der Waals surface area contributed by atoms with Gasteiger partial charge in [0.2, 0.25) is 5.88 Å². The van der Waals surface area contributed by atoms with Crippen LogP contribution in [0.25, 0.3) is 0 Å². The number of benzene rings is 1. The van der Waals surface area contributed by atoms with Crippen LogP contribution in [0.4, 0.5) is 0 Å². The van der Waals surface area contributed by atoms with Gasteiger partial charge in [0.15, 0.2) is 0 Å². The summed E-state index contributed by atoms with van der Waals surface area (Å²) >= 11 is 0. The van der Waals surface area contributed by atoms with E-state index in [1.807, 2.05) is 44.3 Å². The first-order valence-electron chi connectivity index (χ1n) is 8.98. The molecule has 2 aromatic rings. The molecule has 0 saturated carbocycles. The van der Waals surface area contributed by atoms with Gasteiger partial charge in [0, 0.05) is 12.5 Å². The number of rotatable bonds is 7. The van der Waals surface area contributed by atoms with Gasteiger partial charge in [-0.1, -0.05) is 17.0 Å². The first-order chi connectivity index (χ1) is 13.3. The summed E-state index contributed by atoms with van der Waals surface area (Å²) in [7, 11) is 3.45. The quantitative estimate of drug-likeness (QED) is 0.307. The lowest BCUT2D eigenvalue weighted by Gasteiger charge is -2.07. The standard InChI is InChI=1S/C22H27N3O3/c1-17-20(16-23-27-15-9-7-8-14-22(2,3)4)21(25(5)24-17)28-19-12-10-18(26-6)11-13-19/h7,9-13,16H,15H2,1-6H3. The smallest absolute Gasteiger partial charge is 0.226 e. The van der Waals surface area contributed by atoms with Crippen molar-refractivity contribution in [1.29, 1.82) is 0 Å². The Balaban J connectivity index is 2.00. The van der Waals surface area contributed by atoms with Crippen LogP contribution >= 0.6 is 0 Å². The molecule has 0 aliphatic heterocycles. The zero-order chi connectivity index (χ0) is 20.6. The van der Waals surface area contributed by atoms with E-state index in [0.717, 1.165) is 17.0 Å². The van der Waals surface area contributed by atoms with Crippen LogP contribution in [0.5, 0.6) is 17.4 Å². The van der Waals surface area contributed by atoms with Gasteiger partial charge in [-0.05, 0) is 64.1 Å². The summed E-state index contributed by atoms with van der Waals surface area (Å²) in [6.45, 7) is 8.43. The van der Waals surface area contributed by atoms with E-state index in [-0.39, 0.29) is 5.41 Å². The van der Waals surface area contributed by atoms with Crippen LogP contribution in [0, 0.1) is 24.2 Å². The summed E-state index contributed by atoms with van der Waals surface area (Å²) < 4.78 is 12.8. The zero-order valence-electron chi connectivity index (χ0n) is 17.3. The Kier molecular flexibility index (Phi) is 7.28. The summed E-state index contributed by atoms with van der Waals surface area (Å²) in [4.78, 5) is 5.28. The molecule has 0 bridgehead atoms. The van der Waals surface area contributed by atoms with Crippen molar-refractivity contribution >= 4 is 6.21 Å². The molecule has 28 heavy (non-hydrogen) atoms. The van der Waals surface area contributed by atoms with E-state index in [2.05, 4.69) is 42.9 Å². The predicted molar refractivity (Wildman–Crippen MR) is 111 cm³/mol. The van der Waals surface area contributed by atoms with E-state index in [4.69, 9.17) is 14.3 Å². The van der Waals surface area contributed by atoms with Crippen LogP contribution in [0.15, 0.2) is 41.6 Å². The molecule has 2 rings (SSSR count). The van der Waals surface area contributed by atoms with Gasteiger partial charge in [0.25, 0.3) is 0 Å². The Morgan fingerprint density at radius 1 is 1.18 bits per heavy atom. The van der Waals surface area contributed by atoms with Gasteiger partial charge < -0.3 is 14.3 Å².